The highest BCUT2D eigenvalue weighted by Crippen LogP contribution is 2.36. The van der Waals surface area contributed by atoms with E-state index in [4.69, 9.17) is 16.3 Å². The van der Waals surface area contributed by atoms with Crippen molar-refractivity contribution in [3.63, 3.8) is 0 Å². The monoisotopic (exact) mass is 290 g/mol. The summed E-state index contributed by atoms with van der Waals surface area (Å²) in [6, 6.07) is 3.55. The Bertz CT molecular complexity index is 390. The molecule has 0 aliphatic carbocycles. The Morgan fingerprint density at radius 2 is 2.13 bits per heavy atom. The normalized spacial score (nSPS) is 12.3. The molecule has 0 saturated carbocycles. The van der Waals surface area contributed by atoms with Crippen LogP contribution in [0.5, 0.6) is 5.75 Å². The Balaban J connectivity index is 3.32. The number of carbonyl (C=O) groups is 1. The number of ketones is 1. The predicted octanol–water partition coefficient (Wildman–Crippen LogP) is 3.68. The first kappa shape index (κ1) is 12.5. The molecule has 0 spiro atoms. The van der Waals surface area contributed by atoms with E-state index in [-0.39, 0.29) is 10.6 Å². The van der Waals surface area contributed by atoms with Crippen LogP contribution in [-0.4, -0.2) is 12.9 Å². The molecule has 1 atom stereocenters. The number of hydrogen-bond acceptors (Lipinski definition) is 2. The number of halogens is 2. The first-order valence-electron chi connectivity index (χ1n) is 4.46. The number of rotatable bonds is 3. The lowest BCUT2D eigenvalue weighted by Crippen LogP contribution is -2.04. The molecule has 0 fully saturated rings. The zero-order valence-corrected chi connectivity index (χ0v) is 11.1. The summed E-state index contributed by atoms with van der Waals surface area (Å²) in [5, 5.41) is 0.606. The lowest BCUT2D eigenvalue weighted by atomic mass is 10.0. The van der Waals surface area contributed by atoms with Crippen molar-refractivity contribution >= 4 is 33.3 Å². The summed E-state index contributed by atoms with van der Waals surface area (Å²) < 4.78 is 5.26. The third-order valence-corrected chi connectivity index (χ3v) is 3.46. The fourth-order valence-electron chi connectivity index (χ4n) is 1.44. The van der Waals surface area contributed by atoms with Crippen LogP contribution in [0.3, 0.4) is 0 Å². The van der Waals surface area contributed by atoms with Gasteiger partial charge in [-0.15, -0.1) is 0 Å². The van der Waals surface area contributed by atoms with Crippen molar-refractivity contribution in [1.29, 1.82) is 0 Å². The van der Waals surface area contributed by atoms with Gasteiger partial charge in [-0.1, -0.05) is 27.5 Å². The summed E-state index contributed by atoms with van der Waals surface area (Å²) >= 11 is 9.26. The van der Waals surface area contributed by atoms with E-state index >= 15 is 0 Å². The van der Waals surface area contributed by atoms with E-state index < -0.39 is 0 Å². The van der Waals surface area contributed by atoms with Crippen LogP contribution in [-0.2, 0) is 4.79 Å². The minimum Gasteiger partial charge on any atom is -0.496 e. The Morgan fingerprint density at radius 3 is 2.60 bits per heavy atom. The van der Waals surface area contributed by atoms with Crippen LogP contribution < -0.4 is 4.74 Å². The largest absolute Gasteiger partial charge is 0.496 e. The van der Waals surface area contributed by atoms with Crippen molar-refractivity contribution in [3.05, 3.63) is 28.3 Å². The van der Waals surface area contributed by atoms with Crippen molar-refractivity contribution in [2.45, 2.75) is 18.7 Å². The lowest BCUT2D eigenvalue weighted by Gasteiger charge is -2.14. The van der Waals surface area contributed by atoms with Crippen LogP contribution in [0.4, 0.5) is 0 Å². The van der Waals surface area contributed by atoms with E-state index in [1.165, 1.54) is 6.92 Å². The Hall–Kier alpha value is -0.540. The maximum atomic E-state index is 11.3. The molecular weight excluding hydrogens is 279 g/mol. The highest BCUT2D eigenvalue weighted by atomic mass is 79.9. The second-order valence-electron chi connectivity index (χ2n) is 3.32. The fourth-order valence-corrected chi connectivity index (χ4v) is 2.06. The van der Waals surface area contributed by atoms with Gasteiger partial charge in [0.25, 0.3) is 0 Å². The van der Waals surface area contributed by atoms with Gasteiger partial charge in [-0.3, -0.25) is 4.79 Å². The Kier molecular flexibility index (Phi) is 4.17. The number of hydrogen-bond donors (Lipinski definition) is 0. The molecule has 0 aromatic heterocycles. The number of benzene rings is 1. The van der Waals surface area contributed by atoms with Crippen LogP contribution in [0, 0.1) is 6.92 Å². The van der Waals surface area contributed by atoms with Crippen molar-refractivity contribution in [3.8, 4) is 5.75 Å². The van der Waals surface area contributed by atoms with Crippen LogP contribution in [0.1, 0.15) is 22.9 Å². The van der Waals surface area contributed by atoms with E-state index in [2.05, 4.69) is 15.9 Å². The quantitative estimate of drug-likeness (QED) is 0.794. The summed E-state index contributed by atoms with van der Waals surface area (Å²) in [5.41, 5.74) is 1.70. The average Bonchev–Trinajstić information content (AvgIpc) is 2.15. The molecule has 0 N–H and O–H groups in total. The number of carbonyl (C=O) groups excluding carboxylic acids is 1. The molecule has 0 aliphatic heterocycles. The van der Waals surface area contributed by atoms with Gasteiger partial charge in [-0.2, -0.15) is 0 Å². The SMILES string of the molecule is COc1c(C)cc(Cl)cc1C(Br)C(C)=O. The van der Waals surface area contributed by atoms with Gasteiger partial charge in [0.1, 0.15) is 16.4 Å². The third kappa shape index (κ3) is 2.73. The van der Waals surface area contributed by atoms with Gasteiger partial charge in [-0.05, 0) is 31.5 Å². The van der Waals surface area contributed by atoms with E-state index in [1.54, 1.807) is 13.2 Å². The molecule has 0 radical (unpaired) electrons. The summed E-state index contributed by atoms with van der Waals surface area (Å²) in [5.74, 6) is 0.728. The highest BCUT2D eigenvalue weighted by Gasteiger charge is 2.19. The maximum absolute atomic E-state index is 11.3. The molecular formula is C11H12BrClO2. The van der Waals surface area contributed by atoms with Crippen molar-refractivity contribution < 1.29 is 9.53 Å². The second-order valence-corrected chi connectivity index (χ2v) is 4.67. The summed E-state index contributed by atoms with van der Waals surface area (Å²) in [4.78, 5) is 10.9. The topological polar surface area (TPSA) is 26.3 Å². The Morgan fingerprint density at radius 1 is 1.53 bits per heavy atom. The fraction of sp³-hybridized carbons (Fsp3) is 0.364. The zero-order chi connectivity index (χ0) is 11.6. The van der Waals surface area contributed by atoms with Gasteiger partial charge in [0.2, 0.25) is 0 Å². The zero-order valence-electron chi connectivity index (χ0n) is 8.80. The molecule has 4 heteroatoms. The summed E-state index contributed by atoms with van der Waals surface area (Å²) in [6.45, 7) is 3.42. The molecule has 0 saturated heterocycles. The lowest BCUT2D eigenvalue weighted by molar-refractivity contribution is -0.116. The molecule has 0 bridgehead atoms. The van der Waals surface area contributed by atoms with Crippen molar-refractivity contribution in [2.75, 3.05) is 7.11 Å². The Labute approximate surface area is 103 Å². The standard InChI is InChI=1S/C11H12BrClO2/c1-6-4-8(13)5-9(11(6)15-3)10(12)7(2)14/h4-5,10H,1-3H3. The molecule has 0 aliphatic rings. The minimum absolute atomic E-state index is 0.0231. The number of aryl methyl sites for hydroxylation is 1. The number of Topliss-reactive ketones (excluding diaryl/α,β-unsaturated/α-hetero) is 1. The molecule has 2 nitrogen and oxygen atoms in total. The number of ether oxygens (including phenoxy) is 1. The third-order valence-electron chi connectivity index (χ3n) is 2.10. The first-order valence-corrected chi connectivity index (χ1v) is 5.75. The molecule has 1 aromatic carbocycles. The van der Waals surface area contributed by atoms with Crippen LogP contribution >= 0.6 is 27.5 Å². The molecule has 0 heterocycles. The number of methoxy groups -OCH3 is 1. The van der Waals surface area contributed by atoms with E-state index in [0.29, 0.717) is 10.8 Å². The van der Waals surface area contributed by atoms with Gasteiger partial charge in [0.15, 0.2) is 0 Å². The highest BCUT2D eigenvalue weighted by molar-refractivity contribution is 9.09. The predicted molar refractivity (Wildman–Crippen MR) is 65.1 cm³/mol. The van der Waals surface area contributed by atoms with E-state index in [9.17, 15) is 4.79 Å². The summed E-state index contributed by atoms with van der Waals surface area (Å²) in [7, 11) is 1.58. The first-order chi connectivity index (χ1) is 6.97. The van der Waals surface area contributed by atoms with Gasteiger partial charge >= 0.3 is 0 Å². The van der Waals surface area contributed by atoms with Gasteiger partial charge < -0.3 is 4.74 Å². The van der Waals surface area contributed by atoms with Crippen LogP contribution in [0.15, 0.2) is 12.1 Å². The van der Waals surface area contributed by atoms with Crippen molar-refractivity contribution in [1.82, 2.24) is 0 Å². The molecule has 1 unspecified atom stereocenters. The minimum atomic E-state index is -0.371. The van der Waals surface area contributed by atoms with E-state index in [1.807, 2.05) is 13.0 Å². The van der Waals surface area contributed by atoms with Crippen LogP contribution in [0.2, 0.25) is 5.02 Å². The van der Waals surface area contributed by atoms with Crippen LogP contribution in [0.25, 0.3) is 0 Å². The van der Waals surface area contributed by atoms with Gasteiger partial charge in [0.05, 0.1) is 7.11 Å². The number of alkyl halides is 1. The molecule has 1 aromatic rings. The second kappa shape index (κ2) is 4.99. The van der Waals surface area contributed by atoms with Gasteiger partial charge in [-0.25, -0.2) is 0 Å². The molecule has 15 heavy (non-hydrogen) atoms. The molecule has 0 amide bonds. The molecule has 1 rings (SSSR count). The van der Waals surface area contributed by atoms with Gasteiger partial charge in [0, 0.05) is 10.6 Å². The smallest absolute Gasteiger partial charge is 0.147 e. The van der Waals surface area contributed by atoms with Crippen molar-refractivity contribution in [2.24, 2.45) is 0 Å². The van der Waals surface area contributed by atoms with E-state index in [0.717, 1.165) is 11.1 Å². The molecule has 82 valence electrons. The summed E-state index contributed by atoms with van der Waals surface area (Å²) in [6.07, 6.45) is 0. The average molecular weight is 292 g/mol. The maximum Gasteiger partial charge on any atom is 0.147 e.